The van der Waals surface area contributed by atoms with Gasteiger partial charge in [-0.2, -0.15) is 5.10 Å². The van der Waals surface area contributed by atoms with Gasteiger partial charge in [-0.1, -0.05) is 18.1 Å². The van der Waals surface area contributed by atoms with Crippen LogP contribution in [0.25, 0.3) is 11.0 Å². The summed E-state index contributed by atoms with van der Waals surface area (Å²) in [6, 6.07) is 7.52. The molecular formula is C26H27N7O2. The third kappa shape index (κ3) is 4.13. The van der Waals surface area contributed by atoms with E-state index in [1.54, 1.807) is 11.8 Å². The van der Waals surface area contributed by atoms with E-state index in [0.717, 1.165) is 29.7 Å². The lowest BCUT2D eigenvalue weighted by atomic mass is 10.1. The van der Waals surface area contributed by atoms with Gasteiger partial charge in [0.2, 0.25) is 0 Å². The number of aromatic nitrogens is 5. The Hall–Kier alpha value is -4.16. The van der Waals surface area contributed by atoms with E-state index in [0.29, 0.717) is 34.6 Å². The van der Waals surface area contributed by atoms with Crippen LogP contribution in [0.3, 0.4) is 0 Å². The normalized spacial score (nSPS) is 13.9. The Labute approximate surface area is 203 Å². The number of nitrogens with one attached hydrogen (secondary N) is 1. The minimum atomic E-state index is -0.314. The second-order valence-corrected chi connectivity index (χ2v) is 9.15. The van der Waals surface area contributed by atoms with E-state index in [2.05, 4.69) is 43.7 Å². The molecule has 1 saturated carbocycles. The maximum atomic E-state index is 13.7. The Bertz CT molecular complexity index is 1500. The molecule has 3 heterocycles. The number of nitrogens with two attached hydrogens (primary N) is 1. The largest absolute Gasteiger partial charge is 0.383 e. The summed E-state index contributed by atoms with van der Waals surface area (Å²) in [6.07, 6.45) is 5.22. The average molecular weight is 470 g/mol. The highest BCUT2D eigenvalue weighted by atomic mass is 16.5. The van der Waals surface area contributed by atoms with E-state index in [1.165, 1.54) is 6.33 Å². The van der Waals surface area contributed by atoms with Crippen molar-refractivity contribution in [2.45, 2.75) is 38.8 Å². The lowest BCUT2D eigenvalue weighted by Crippen LogP contribution is -2.18. The number of carbonyl (C=O) groups is 1. The molecule has 178 valence electrons. The van der Waals surface area contributed by atoms with Gasteiger partial charge in [0.25, 0.3) is 5.91 Å². The Morgan fingerprint density at radius 1 is 1.23 bits per heavy atom. The van der Waals surface area contributed by atoms with Gasteiger partial charge in [-0.15, -0.1) is 0 Å². The number of hydrogen-bond donors (Lipinski definition) is 2. The zero-order chi connectivity index (χ0) is 24.7. The van der Waals surface area contributed by atoms with E-state index in [9.17, 15) is 4.79 Å². The number of hydrogen-bond acceptors (Lipinski definition) is 6. The van der Waals surface area contributed by atoms with Gasteiger partial charge in [0, 0.05) is 31.6 Å². The van der Waals surface area contributed by atoms with Crippen molar-refractivity contribution in [3.63, 3.8) is 0 Å². The molecule has 1 aliphatic carbocycles. The molecule has 1 aromatic carbocycles. The van der Waals surface area contributed by atoms with Crippen LogP contribution in [-0.4, -0.2) is 37.3 Å². The van der Waals surface area contributed by atoms with Crippen LogP contribution in [0, 0.1) is 18.8 Å². The average Bonchev–Trinajstić information content (AvgIpc) is 3.33. The summed E-state index contributed by atoms with van der Waals surface area (Å²) in [7, 11) is 3.50. The van der Waals surface area contributed by atoms with Gasteiger partial charge >= 0.3 is 0 Å². The second-order valence-electron chi connectivity index (χ2n) is 9.15. The molecule has 9 heteroatoms. The molecular weight excluding hydrogens is 442 g/mol. The van der Waals surface area contributed by atoms with Crippen molar-refractivity contribution in [2.75, 3.05) is 18.2 Å². The monoisotopic (exact) mass is 469 g/mol. The lowest BCUT2D eigenvalue weighted by Gasteiger charge is -2.14. The van der Waals surface area contributed by atoms with E-state index < -0.39 is 0 Å². The third-order valence-corrected chi connectivity index (χ3v) is 6.37. The van der Waals surface area contributed by atoms with Crippen LogP contribution >= 0.6 is 0 Å². The van der Waals surface area contributed by atoms with Crippen molar-refractivity contribution >= 4 is 28.4 Å². The maximum Gasteiger partial charge on any atom is 0.259 e. The number of anilines is 2. The molecule has 3 N–H and O–H groups in total. The van der Waals surface area contributed by atoms with E-state index >= 15 is 0 Å². The highest BCUT2D eigenvalue weighted by Gasteiger charge is 2.44. The molecule has 0 saturated heterocycles. The van der Waals surface area contributed by atoms with Crippen LogP contribution in [0.4, 0.5) is 11.5 Å². The highest BCUT2D eigenvalue weighted by molar-refractivity contribution is 6.16. The van der Waals surface area contributed by atoms with Gasteiger partial charge in [0.15, 0.2) is 0 Å². The SMILES string of the molecule is COCc1ccc(NC(=O)c2c(C#Cc3cn(C)nc3C)n(C3(C)CC3)c3ncnc(N)c23)cc1. The number of nitrogen functional groups attached to an aromatic ring is 1. The predicted octanol–water partition coefficient (Wildman–Crippen LogP) is 3.36. The van der Waals surface area contributed by atoms with Gasteiger partial charge < -0.3 is 20.4 Å². The molecule has 0 spiro atoms. The number of rotatable bonds is 5. The number of fused-ring (bicyclic) bond motifs is 1. The van der Waals surface area contributed by atoms with Crippen molar-refractivity contribution in [2.24, 2.45) is 7.05 Å². The molecule has 0 radical (unpaired) electrons. The molecule has 9 nitrogen and oxygen atoms in total. The summed E-state index contributed by atoms with van der Waals surface area (Å²) in [5.41, 5.74) is 11.0. The molecule has 0 unspecified atom stereocenters. The second kappa shape index (κ2) is 8.56. The molecule has 4 aromatic rings. The van der Waals surface area contributed by atoms with Gasteiger partial charge in [-0.25, -0.2) is 9.97 Å². The quantitative estimate of drug-likeness (QED) is 0.434. The minimum Gasteiger partial charge on any atom is -0.383 e. The minimum absolute atomic E-state index is 0.187. The number of carbonyl (C=O) groups excluding carboxylic acids is 1. The first kappa shape index (κ1) is 22.6. The summed E-state index contributed by atoms with van der Waals surface area (Å²) in [5, 5.41) is 7.89. The van der Waals surface area contributed by atoms with Gasteiger partial charge in [-0.05, 0) is 50.3 Å². The number of methoxy groups -OCH3 is 1. The smallest absolute Gasteiger partial charge is 0.259 e. The predicted molar refractivity (Wildman–Crippen MR) is 134 cm³/mol. The molecule has 0 bridgehead atoms. The summed E-state index contributed by atoms with van der Waals surface area (Å²) >= 11 is 0. The van der Waals surface area contributed by atoms with Crippen molar-refractivity contribution in [3.05, 3.63) is 64.9 Å². The Morgan fingerprint density at radius 2 is 1.97 bits per heavy atom. The molecule has 3 aromatic heterocycles. The maximum absolute atomic E-state index is 13.7. The van der Waals surface area contributed by atoms with Gasteiger partial charge in [0.05, 0.1) is 28.8 Å². The molecule has 1 fully saturated rings. The summed E-state index contributed by atoms with van der Waals surface area (Å²) in [6.45, 7) is 4.55. The van der Waals surface area contributed by atoms with Crippen molar-refractivity contribution in [1.82, 2.24) is 24.3 Å². The van der Waals surface area contributed by atoms with Gasteiger partial charge in [0.1, 0.15) is 23.5 Å². The van der Waals surface area contributed by atoms with Crippen LogP contribution < -0.4 is 11.1 Å². The van der Waals surface area contributed by atoms with Crippen LogP contribution in [0.2, 0.25) is 0 Å². The summed E-state index contributed by atoms with van der Waals surface area (Å²) < 4.78 is 8.94. The zero-order valence-electron chi connectivity index (χ0n) is 20.2. The van der Waals surface area contributed by atoms with Crippen molar-refractivity contribution in [1.29, 1.82) is 0 Å². The van der Waals surface area contributed by atoms with Crippen LogP contribution in [0.1, 0.15) is 52.6 Å². The summed E-state index contributed by atoms with van der Waals surface area (Å²) in [5.74, 6) is 6.42. The van der Waals surface area contributed by atoms with Crippen molar-refractivity contribution in [3.8, 4) is 11.8 Å². The fourth-order valence-electron chi connectivity index (χ4n) is 4.30. The Balaban J connectivity index is 1.66. The van der Waals surface area contributed by atoms with E-state index in [-0.39, 0.29) is 17.3 Å². The molecule has 1 aliphatic rings. The molecule has 0 aliphatic heterocycles. The van der Waals surface area contributed by atoms with E-state index in [1.807, 2.05) is 44.4 Å². The Morgan fingerprint density at radius 3 is 2.60 bits per heavy atom. The van der Waals surface area contributed by atoms with Crippen LogP contribution in [0.15, 0.2) is 36.8 Å². The highest BCUT2D eigenvalue weighted by Crippen LogP contribution is 2.47. The first-order valence-electron chi connectivity index (χ1n) is 11.4. The number of ether oxygens (including phenoxy) is 1. The van der Waals surface area contributed by atoms with Crippen LogP contribution in [-0.2, 0) is 23.9 Å². The lowest BCUT2D eigenvalue weighted by molar-refractivity contribution is 0.102. The number of aryl methyl sites for hydroxylation is 2. The topological polar surface area (TPSA) is 113 Å². The molecule has 35 heavy (non-hydrogen) atoms. The van der Waals surface area contributed by atoms with Gasteiger partial charge in [-0.3, -0.25) is 9.48 Å². The van der Waals surface area contributed by atoms with E-state index in [4.69, 9.17) is 10.5 Å². The molecule has 5 rings (SSSR count). The Kier molecular flexibility index (Phi) is 5.53. The number of amides is 1. The fraction of sp³-hybridized carbons (Fsp3) is 0.308. The molecule has 1 amide bonds. The van der Waals surface area contributed by atoms with Crippen molar-refractivity contribution < 1.29 is 9.53 Å². The number of nitrogens with zero attached hydrogens (tertiary/aromatic N) is 5. The first-order valence-corrected chi connectivity index (χ1v) is 11.4. The zero-order valence-corrected chi connectivity index (χ0v) is 20.2. The third-order valence-electron chi connectivity index (χ3n) is 6.37. The molecule has 0 atom stereocenters. The fourth-order valence-corrected chi connectivity index (χ4v) is 4.30. The number of benzene rings is 1. The first-order chi connectivity index (χ1) is 16.8. The van der Waals surface area contributed by atoms with Crippen LogP contribution in [0.5, 0.6) is 0 Å². The standard InChI is InChI=1S/C26H27N7O2/c1-16-18(13-32(3)31-16)7-10-20-21(25(34)30-19-8-5-17(6-9-19)14-35-4)22-23(27)28-15-29-24(22)33(20)26(2)11-12-26/h5-6,8-9,13,15H,11-12,14H2,1-4H3,(H,30,34)(H2,27,28,29). The summed E-state index contributed by atoms with van der Waals surface area (Å²) in [4.78, 5) is 22.4.